The molecule has 3 amide bonds. The molecule has 2 aliphatic rings. The third-order valence-corrected chi connectivity index (χ3v) is 6.04. The van der Waals surface area contributed by atoms with Crippen LogP contribution in [0.5, 0.6) is 0 Å². The van der Waals surface area contributed by atoms with E-state index in [0.717, 1.165) is 11.0 Å². The molecule has 1 saturated heterocycles. The van der Waals surface area contributed by atoms with E-state index in [0.29, 0.717) is 16.3 Å². The molecule has 3 aromatic carbocycles. The van der Waals surface area contributed by atoms with E-state index in [1.165, 1.54) is 41.3 Å². The molecule has 3 aromatic rings. The Morgan fingerprint density at radius 2 is 1.52 bits per heavy atom. The molecule has 2 atom stereocenters. The number of carbonyl (C=O) groups excluding carboxylic acids is 3. The van der Waals surface area contributed by atoms with Crippen molar-refractivity contribution in [2.45, 2.75) is 12.1 Å². The van der Waals surface area contributed by atoms with Gasteiger partial charge in [0, 0.05) is 16.8 Å². The van der Waals surface area contributed by atoms with Crippen molar-refractivity contribution >= 4 is 40.7 Å². The number of nitro groups is 1. The highest BCUT2D eigenvalue weighted by Gasteiger charge is 2.58. The van der Waals surface area contributed by atoms with Crippen molar-refractivity contribution in [2.75, 3.05) is 4.90 Å². The van der Waals surface area contributed by atoms with Crippen molar-refractivity contribution in [3.05, 3.63) is 104 Å². The van der Waals surface area contributed by atoms with E-state index in [4.69, 9.17) is 11.6 Å². The molecule has 0 spiro atoms. The number of β-lactam (4-membered cyclic amide) rings is 1. The zero-order chi connectivity index (χ0) is 23.4. The first-order valence-electron chi connectivity index (χ1n) is 9.79. The van der Waals surface area contributed by atoms with Crippen LogP contribution in [0, 0.1) is 15.9 Å². The van der Waals surface area contributed by atoms with Gasteiger partial charge in [0.2, 0.25) is 0 Å². The summed E-state index contributed by atoms with van der Waals surface area (Å²) in [7, 11) is 0. The van der Waals surface area contributed by atoms with Gasteiger partial charge in [0.25, 0.3) is 23.4 Å². The van der Waals surface area contributed by atoms with Crippen LogP contribution in [-0.4, -0.2) is 33.6 Å². The van der Waals surface area contributed by atoms with Gasteiger partial charge in [-0.05, 0) is 48.0 Å². The molecule has 5 rings (SSSR count). The summed E-state index contributed by atoms with van der Waals surface area (Å²) in [5, 5.41) is 11.9. The fraction of sp³-hybridized carbons (Fsp3) is 0.0870. The lowest BCUT2D eigenvalue weighted by atomic mass is 9.86. The summed E-state index contributed by atoms with van der Waals surface area (Å²) in [6.07, 6.45) is 0. The molecule has 0 N–H and O–H groups in total. The molecule has 1 fully saturated rings. The summed E-state index contributed by atoms with van der Waals surface area (Å²) in [5.41, 5.74) is -0.0273. The molecule has 0 radical (unpaired) electrons. The lowest BCUT2D eigenvalue weighted by Gasteiger charge is -2.49. The Morgan fingerprint density at radius 3 is 2.15 bits per heavy atom. The molecule has 164 valence electrons. The second kappa shape index (κ2) is 7.49. The predicted molar refractivity (Wildman–Crippen MR) is 115 cm³/mol. The number of rotatable bonds is 4. The summed E-state index contributed by atoms with van der Waals surface area (Å²) >= 11 is 5.95. The summed E-state index contributed by atoms with van der Waals surface area (Å²) in [6.45, 7) is 0. The lowest BCUT2D eigenvalue weighted by molar-refractivity contribution is -0.385. The summed E-state index contributed by atoms with van der Waals surface area (Å²) in [5.74, 6) is -2.75. The van der Waals surface area contributed by atoms with Crippen LogP contribution in [0.25, 0.3) is 0 Å². The third-order valence-electron chi connectivity index (χ3n) is 5.78. The van der Waals surface area contributed by atoms with Gasteiger partial charge in [-0.2, -0.15) is 0 Å². The smallest absolute Gasteiger partial charge is 0.282 e. The summed E-state index contributed by atoms with van der Waals surface area (Å²) < 4.78 is 13.6. The number of anilines is 1. The molecule has 0 aromatic heterocycles. The highest BCUT2D eigenvalue weighted by atomic mass is 35.5. The maximum absolute atomic E-state index is 13.6. The highest BCUT2D eigenvalue weighted by molar-refractivity contribution is 6.30. The number of hydrogen-bond acceptors (Lipinski definition) is 5. The number of benzene rings is 3. The van der Waals surface area contributed by atoms with E-state index >= 15 is 0 Å². The average molecular weight is 466 g/mol. The quantitative estimate of drug-likeness (QED) is 0.249. The molecule has 10 heteroatoms. The minimum atomic E-state index is -1.25. The predicted octanol–water partition coefficient (Wildman–Crippen LogP) is 4.14. The molecule has 0 aliphatic carbocycles. The summed E-state index contributed by atoms with van der Waals surface area (Å²) in [6, 6.07) is 13.4. The second-order valence-electron chi connectivity index (χ2n) is 7.56. The Labute approximate surface area is 190 Å². The molecule has 2 aliphatic heterocycles. The number of fused-ring (bicyclic) bond motifs is 1. The van der Waals surface area contributed by atoms with E-state index in [1.54, 1.807) is 24.3 Å². The van der Waals surface area contributed by atoms with Crippen molar-refractivity contribution in [3.8, 4) is 0 Å². The van der Waals surface area contributed by atoms with E-state index < -0.39 is 46.2 Å². The van der Waals surface area contributed by atoms with Crippen LogP contribution in [-0.2, 0) is 4.79 Å². The monoisotopic (exact) mass is 465 g/mol. The number of nitro benzene ring substituents is 1. The molecule has 0 bridgehead atoms. The largest absolute Gasteiger partial charge is 0.300 e. The van der Waals surface area contributed by atoms with Crippen LogP contribution >= 0.6 is 11.6 Å². The molecular formula is C23H13ClFN3O5. The minimum absolute atomic E-state index is 0.134. The standard InChI is InChI=1S/C23H13ClFN3O5/c24-13-6-10-15(11-7-13)26-19(12-4-8-14(25)9-5-12)20(23(26)31)27-21(29)16-2-1-3-17(28(32)33)18(16)22(27)30/h1-11,19-20H/t19-,20+/m0/s1. The van der Waals surface area contributed by atoms with Crippen LogP contribution in [0.2, 0.25) is 5.02 Å². The van der Waals surface area contributed by atoms with Crippen molar-refractivity contribution in [2.24, 2.45) is 0 Å². The van der Waals surface area contributed by atoms with E-state index in [1.807, 2.05) is 0 Å². The minimum Gasteiger partial charge on any atom is -0.300 e. The number of hydrogen-bond donors (Lipinski definition) is 0. The maximum atomic E-state index is 13.6. The zero-order valence-corrected chi connectivity index (χ0v) is 17.4. The van der Waals surface area contributed by atoms with Gasteiger partial charge in [-0.25, -0.2) is 4.39 Å². The van der Waals surface area contributed by atoms with Crippen LogP contribution in [0.15, 0.2) is 66.7 Å². The van der Waals surface area contributed by atoms with Crippen molar-refractivity contribution in [1.82, 2.24) is 4.90 Å². The first-order valence-corrected chi connectivity index (χ1v) is 10.2. The molecular weight excluding hydrogens is 453 g/mol. The van der Waals surface area contributed by atoms with Crippen LogP contribution < -0.4 is 4.90 Å². The topological polar surface area (TPSA) is 101 Å². The van der Waals surface area contributed by atoms with Crippen LogP contribution in [0.4, 0.5) is 15.8 Å². The Hall–Kier alpha value is -4.11. The fourth-order valence-electron chi connectivity index (χ4n) is 4.30. The first-order chi connectivity index (χ1) is 15.8. The fourth-order valence-corrected chi connectivity index (χ4v) is 4.42. The molecule has 0 saturated carbocycles. The highest BCUT2D eigenvalue weighted by Crippen LogP contribution is 2.45. The number of halogens is 2. The average Bonchev–Trinajstić information content (AvgIpc) is 3.05. The van der Waals surface area contributed by atoms with Gasteiger partial charge in [0.15, 0.2) is 0 Å². The van der Waals surface area contributed by atoms with Crippen LogP contribution in [0.3, 0.4) is 0 Å². The molecule has 0 unspecified atom stereocenters. The second-order valence-corrected chi connectivity index (χ2v) is 8.00. The first kappa shape index (κ1) is 20.8. The number of imide groups is 1. The SMILES string of the molecule is O=C1c2cccc([N+](=O)[O-])c2C(=O)N1[C@H]1C(=O)N(c2ccc(Cl)cc2)[C@H]1c1ccc(F)cc1. The normalized spacial score (nSPS) is 19.5. The number of nitrogens with zero attached hydrogens (tertiary/aromatic N) is 3. The van der Waals surface area contributed by atoms with E-state index in [-0.39, 0.29) is 11.1 Å². The van der Waals surface area contributed by atoms with Crippen molar-refractivity contribution in [1.29, 1.82) is 0 Å². The van der Waals surface area contributed by atoms with Crippen molar-refractivity contribution < 1.29 is 23.7 Å². The van der Waals surface area contributed by atoms with Gasteiger partial charge < -0.3 is 4.90 Å². The number of carbonyl (C=O) groups is 3. The van der Waals surface area contributed by atoms with Gasteiger partial charge >= 0.3 is 0 Å². The van der Waals surface area contributed by atoms with Gasteiger partial charge in [-0.15, -0.1) is 0 Å². The molecule has 33 heavy (non-hydrogen) atoms. The van der Waals surface area contributed by atoms with E-state index in [2.05, 4.69) is 0 Å². The lowest BCUT2D eigenvalue weighted by Crippen LogP contribution is -2.67. The summed E-state index contributed by atoms with van der Waals surface area (Å²) in [4.78, 5) is 52.4. The Balaban J connectivity index is 1.60. The van der Waals surface area contributed by atoms with Crippen molar-refractivity contribution in [3.63, 3.8) is 0 Å². The van der Waals surface area contributed by atoms with Gasteiger partial charge in [0.05, 0.1) is 16.5 Å². The van der Waals surface area contributed by atoms with Gasteiger partial charge in [-0.1, -0.05) is 29.8 Å². The Morgan fingerprint density at radius 1 is 0.848 bits per heavy atom. The maximum Gasteiger partial charge on any atom is 0.282 e. The Kier molecular flexibility index (Phi) is 4.71. The van der Waals surface area contributed by atoms with E-state index in [9.17, 15) is 28.9 Å². The Bertz CT molecular complexity index is 1340. The number of amides is 3. The zero-order valence-electron chi connectivity index (χ0n) is 16.6. The molecule has 8 nitrogen and oxygen atoms in total. The van der Waals surface area contributed by atoms with Gasteiger partial charge in [-0.3, -0.25) is 29.4 Å². The van der Waals surface area contributed by atoms with Gasteiger partial charge in [0.1, 0.15) is 17.4 Å². The third kappa shape index (κ3) is 3.08. The molecule has 2 heterocycles. The van der Waals surface area contributed by atoms with Crippen LogP contribution in [0.1, 0.15) is 32.3 Å².